The van der Waals surface area contributed by atoms with E-state index in [4.69, 9.17) is 4.98 Å². The van der Waals surface area contributed by atoms with Gasteiger partial charge in [-0.15, -0.1) is 0 Å². The molecule has 47 heavy (non-hydrogen) atoms. The summed E-state index contributed by atoms with van der Waals surface area (Å²) >= 11 is 0. The van der Waals surface area contributed by atoms with Crippen molar-refractivity contribution in [1.29, 1.82) is 0 Å². The number of benzene rings is 5. The van der Waals surface area contributed by atoms with Crippen LogP contribution < -0.4 is 20.7 Å². The monoisotopic (exact) mass is 627 g/mol. The van der Waals surface area contributed by atoms with Gasteiger partial charge in [-0.1, -0.05) is 136 Å². The maximum absolute atomic E-state index is 11.0. The lowest BCUT2D eigenvalue weighted by molar-refractivity contribution is 0.476. The second-order valence-electron chi connectivity index (χ2n) is 13.0. The van der Waals surface area contributed by atoms with Crippen LogP contribution in [0.5, 0.6) is 5.75 Å². The van der Waals surface area contributed by atoms with Crippen LogP contribution in [-0.4, -0.2) is 28.1 Å². The van der Waals surface area contributed by atoms with Gasteiger partial charge in [0.1, 0.15) is 5.75 Å². The third kappa shape index (κ3) is 5.71. The summed E-state index contributed by atoms with van der Waals surface area (Å²) in [6.07, 6.45) is 3.60. The first-order chi connectivity index (χ1) is 22.8. The SMILES string of the molecule is CC(C)(C)c1ccc(O)c(-c2cccc(-c3cc(-c4cnc[nH]4)cc([Si](c4ccccc4)(c4ccccc4)c4ccccc4)c3)n2)c1. The molecular weight excluding hydrogens is 591 g/mol. The number of phenolic OH excluding ortho intramolecular Hbond substituents is 1. The average molecular weight is 628 g/mol. The number of aromatic hydroxyl groups is 1. The van der Waals surface area contributed by atoms with Crippen LogP contribution in [0, 0.1) is 0 Å². The predicted octanol–water partition coefficient (Wildman–Crippen LogP) is 7.19. The minimum atomic E-state index is -2.83. The van der Waals surface area contributed by atoms with E-state index in [-0.39, 0.29) is 11.2 Å². The normalized spacial score (nSPS) is 11.8. The molecule has 4 nitrogen and oxygen atoms in total. The Labute approximate surface area is 277 Å². The fourth-order valence-corrected chi connectivity index (χ4v) is 11.4. The van der Waals surface area contributed by atoms with Crippen molar-refractivity contribution in [3.8, 4) is 39.5 Å². The highest BCUT2D eigenvalue weighted by Crippen LogP contribution is 2.34. The highest BCUT2D eigenvalue weighted by Gasteiger charge is 2.41. The fourth-order valence-electron chi connectivity index (χ4n) is 6.58. The van der Waals surface area contributed by atoms with Crippen LogP contribution in [0.3, 0.4) is 0 Å². The maximum atomic E-state index is 11.0. The molecule has 230 valence electrons. The Hall–Kier alpha value is -5.52. The van der Waals surface area contributed by atoms with E-state index in [1.54, 1.807) is 12.4 Å². The first kappa shape index (κ1) is 30.1. The Morgan fingerprint density at radius 2 is 1.15 bits per heavy atom. The second kappa shape index (κ2) is 12.3. The number of hydrogen-bond donors (Lipinski definition) is 2. The van der Waals surface area contributed by atoms with E-state index in [0.29, 0.717) is 0 Å². The van der Waals surface area contributed by atoms with Crippen molar-refractivity contribution in [2.75, 3.05) is 0 Å². The molecule has 0 aliphatic rings. The number of pyridine rings is 1. The number of hydrogen-bond acceptors (Lipinski definition) is 3. The van der Waals surface area contributed by atoms with Crippen molar-refractivity contribution in [3.05, 3.63) is 164 Å². The van der Waals surface area contributed by atoms with Crippen molar-refractivity contribution in [2.45, 2.75) is 26.2 Å². The zero-order valence-corrected chi connectivity index (χ0v) is 27.9. The van der Waals surface area contributed by atoms with Crippen molar-refractivity contribution in [3.63, 3.8) is 0 Å². The van der Waals surface area contributed by atoms with Gasteiger partial charge in [-0.25, -0.2) is 9.97 Å². The molecular formula is C42H37N3OSi. The number of imidazole rings is 1. The molecule has 0 radical (unpaired) electrons. The fraction of sp³-hybridized carbons (Fsp3) is 0.0952. The highest BCUT2D eigenvalue weighted by atomic mass is 28.3. The molecule has 2 aromatic heterocycles. The van der Waals surface area contributed by atoms with E-state index in [2.05, 4.69) is 152 Å². The summed E-state index contributed by atoms with van der Waals surface area (Å²) in [6.45, 7) is 6.54. The van der Waals surface area contributed by atoms with Gasteiger partial charge in [-0.05, 0) is 62.1 Å². The lowest BCUT2D eigenvalue weighted by atomic mass is 9.85. The number of H-pyrrole nitrogens is 1. The molecule has 0 fully saturated rings. The summed E-state index contributed by atoms with van der Waals surface area (Å²) in [5.41, 5.74) is 6.36. The van der Waals surface area contributed by atoms with E-state index in [1.807, 2.05) is 24.4 Å². The lowest BCUT2D eigenvalue weighted by Gasteiger charge is -2.35. The minimum absolute atomic E-state index is 0.0619. The van der Waals surface area contributed by atoms with Crippen molar-refractivity contribution < 1.29 is 5.11 Å². The maximum Gasteiger partial charge on any atom is 0.179 e. The van der Waals surface area contributed by atoms with Crippen LogP contribution >= 0.6 is 0 Å². The molecule has 0 saturated heterocycles. The Morgan fingerprint density at radius 1 is 0.574 bits per heavy atom. The topological polar surface area (TPSA) is 61.8 Å². The average Bonchev–Trinajstić information content (AvgIpc) is 3.65. The molecule has 0 aliphatic heterocycles. The molecule has 5 aromatic carbocycles. The van der Waals surface area contributed by atoms with Crippen molar-refractivity contribution in [2.24, 2.45) is 0 Å². The van der Waals surface area contributed by atoms with Crippen LogP contribution in [0.15, 0.2) is 158 Å². The molecule has 0 atom stereocenters. The number of aromatic nitrogens is 3. The summed E-state index contributed by atoms with van der Waals surface area (Å²) in [4.78, 5) is 12.9. The minimum Gasteiger partial charge on any atom is -0.507 e. The zero-order chi connectivity index (χ0) is 32.4. The molecule has 0 aliphatic carbocycles. The third-order valence-corrected chi connectivity index (χ3v) is 13.7. The summed E-state index contributed by atoms with van der Waals surface area (Å²) in [7, 11) is -2.83. The molecule has 0 bridgehead atoms. The molecule has 5 heteroatoms. The van der Waals surface area contributed by atoms with Gasteiger partial charge in [0.25, 0.3) is 0 Å². The third-order valence-electron chi connectivity index (χ3n) is 8.98. The standard InChI is InChI=1S/C42H37N3OSi/c1-42(2,3)32-22-23-41(46)37(27-32)39-21-13-20-38(45-39)30-24-31(40-28-43-29-44-40)26-36(25-30)47(33-14-7-4-8-15-33,34-16-9-5-10-17-34)35-18-11-6-12-19-35/h4-29,46H,1-3H3,(H,43,44). The number of phenols is 1. The van der Waals surface area contributed by atoms with Gasteiger partial charge >= 0.3 is 0 Å². The Bertz CT molecular complexity index is 2020. The second-order valence-corrected chi connectivity index (χ2v) is 16.8. The van der Waals surface area contributed by atoms with Gasteiger partial charge in [0.15, 0.2) is 8.07 Å². The van der Waals surface area contributed by atoms with Gasteiger partial charge in [0.05, 0.1) is 29.6 Å². The van der Waals surface area contributed by atoms with E-state index in [9.17, 15) is 5.11 Å². The number of rotatable bonds is 7. The Kier molecular flexibility index (Phi) is 7.92. The van der Waals surface area contributed by atoms with E-state index >= 15 is 0 Å². The Morgan fingerprint density at radius 3 is 1.70 bits per heavy atom. The molecule has 2 heterocycles. The molecule has 0 spiro atoms. The lowest BCUT2D eigenvalue weighted by Crippen LogP contribution is -2.74. The van der Waals surface area contributed by atoms with Gasteiger partial charge in [-0.3, -0.25) is 0 Å². The first-order valence-electron chi connectivity index (χ1n) is 16.0. The number of nitrogens with zero attached hydrogens (tertiary/aromatic N) is 2. The Balaban J connectivity index is 1.51. The van der Waals surface area contributed by atoms with Gasteiger partial charge in [-0.2, -0.15) is 0 Å². The molecule has 2 N–H and O–H groups in total. The van der Waals surface area contributed by atoms with E-state index in [1.165, 1.54) is 20.7 Å². The summed E-state index contributed by atoms with van der Waals surface area (Å²) in [6, 6.07) is 51.5. The van der Waals surface area contributed by atoms with Crippen molar-refractivity contribution in [1.82, 2.24) is 15.0 Å². The summed E-state index contributed by atoms with van der Waals surface area (Å²) in [5.74, 6) is 0.221. The van der Waals surface area contributed by atoms with Crippen LogP contribution in [0.25, 0.3) is 33.8 Å². The highest BCUT2D eigenvalue weighted by molar-refractivity contribution is 7.20. The van der Waals surface area contributed by atoms with Gasteiger partial charge in [0.2, 0.25) is 0 Å². The van der Waals surface area contributed by atoms with Gasteiger partial charge in [0, 0.05) is 16.7 Å². The summed E-state index contributed by atoms with van der Waals surface area (Å²) in [5, 5.41) is 16.1. The number of nitrogens with one attached hydrogen (secondary N) is 1. The molecule has 7 aromatic rings. The van der Waals surface area contributed by atoms with Crippen molar-refractivity contribution >= 4 is 28.8 Å². The van der Waals surface area contributed by atoms with Crippen LogP contribution in [0.1, 0.15) is 26.3 Å². The van der Waals surface area contributed by atoms with Crippen LogP contribution in [0.2, 0.25) is 0 Å². The van der Waals surface area contributed by atoms with Gasteiger partial charge < -0.3 is 10.1 Å². The number of aromatic amines is 1. The smallest absolute Gasteiger partial charge is 0.179 e. The summed E-state index contributed by atoms with van der Waals surface area (Å²) < 4.78 is 0. The largest absolute Gasteiger partial charge is 0.507 e. The first-order valence-corrected chi connectivity index (χ1v) is 18.0. The molecule has 7 rings (SSSR count). The molecule has 0 amide bonds. The zero-order valence-electron chi connectivity index (χ0n) is 26.9. The quantitative estimate of drug-likeness (QED) is 0.145. The van der Waals surface area contributed by atoms with E-state index in [0.717, 1.165) is 39.3 Å². The molecule has 0 saturated carbocycles. The van der Waals surface area contributed by atoms with Crippen LogP contribution in [-0.2, 0) is 5.41 Å². The van der Waals surface area contributed by atoms with Crippen LogP contribution in [0.4, 0.5) is 0 Å². The van der Waals surface area contributed by atoms with E-state index < -0.39 is 8.07 Å². The predicted molar refractivity (Wildman–Crippen MR) is 197 cm³/mol. The molecule has 0 unspecified atom stereocenters.